The van der Waals surface area contributed by atoms with E-state index in [9.17, 15) is 4.79 Å². The monoisotopic (exact) mass is 448 g/mol. The summed E-state index contributed by atoms with van der Waals surface area (Å²) in [7, 11) is 0. The third-order valence-corrected chi connectivity index (χ3v) is 6.78. The molecule has 0 atom stereocenters. The molecule has 1 aliphatic carbocycles. The lowest BCUT2D eigenvalue weighted by Gasteiger charge is -2.31. The van der Waals surface area contributed by atoms with Gasteiger partial charge in [0.15, 0.2) is 11.5 Å². The lowest BCUT2D eigenvalue weighted by Crippen LogP contribution is -2.38. The maximum atomic E-state index is 13.0. The molecule has 5 rings (SSSR count). The molecule has 1 aliphatic heterocycles. The number of hydrogen-bond donors (Lipinski definition) is 0. The zero-order chi connectivity index (χ0) is 23.0. The van der Waals surface area contributed by atoms with E-state index in [-0.39, 0.29) is 23.3 Å². The SMILES string of the molecule is CC(C)(C)c1ccc2nnc(C3CCN(C(=O)c4ccc(OC5CCCC5)nc4)CC3)n2n1. The van der Waals surface area contributed by atoms with Gasteiger partial charge < -0.3 is 9.64 Å². The number of piperidine rings is 1. The summed E-state index contributed by atoms with van der Waals surface area (Å²) in [5.41, 5.74) is 2.34. The molecule has 8 heteroatoms. The fourth-order valence-electron chi connectivity index (χ4n) is 4.74. The number of hydrogen-bond acceptors (Lipinski definition) is 6. The highest BCUT2D eigenvalue weighted by Gasteiger charge is 2.29. The van der Waals surface area contributed by atoms with Crippen molar-refractivity contribution in [2.45, 2.75) is 76.7 Å². The molecule has 8 nitrogen and oxygen atoms in total. The summed E-state index contributed by atoms with van der Waals surface area (Å²) < 4.78 is 7.80. The Morgan fingerprint density at radius 3 is 2.42 bits per heavy atom. The lowest BCUT2D eigenvalue weighted by molar-refractivity contribution is 0.0710. The molecular weight excluding hydrogens is 416 g/mol. The first kappa shape index (κ1) is 21.8. The maximum Gasteiger partial charge on any atom is 0.255 e. The number of nitrogens with zero attached hydrogens (tertiary/aromatic N) is 6. The minimum atomic E-state index is -0.0444. The van der Waals surface area contributed by atoms with Gasteiger partial charge in [0.1, 0.15) is 6.10 Å². The number of ether oxygens (including phenoxy) is 1. The molecule has 174 valence electrons. The highest BCUT2D eigenvalue weighted by molar-refractivity contribution is 5.94. The molecule has 0 radical (unpaired) electrons. The number of fused-ring (bicyclic) bond motifs is 1. The Labute approximate surface area is 194 Å². The van der Waals surface area contributed by atoms with Crippen molar-refractivity contribution < 1.29 is 9.53 Å². The van der Waals surface area contributed by atoms with Gasteiger partial charge in [-0.15, -0.1) is 10.2 Å². The Kier molecular flexibility index (Phi) is 5.76. The van der Waals surface area contributed by atoms with Crippen molar-refractivity contribution in [2.24, 2.45) is 0 Å². The van der Waals surface area contributed by atoms with Crippen molar-refractivity contribution in [1.82, 2.24) is 29.7 Å². The smallest absolute Gasteiger partial charge is 0.255 e. The van der Waals surface area contributed by atoms with Crippen molar-refractivity contribution in [3.8, 4) is 5.88 Å². The highest BCUT2D eigenvalue weighted by atomic mass is 16.5. The van der Waals surface area contributed by atoms with Crippen LogP contribution in [0.4, 0.5) is 0 Å². The minimum absolute atomic E-state index is 0.0209. The van der Waals surface area contributed by atoms with Crippen LogP contribution in [0.3, 0.4) is 0 Å². The van der Waals surface area contributed by atoms with E-state index in [1.54, 1.807) is 6.20 Å². The van der Waals surface area contributed by atoms with Crippen LogP contribution >= 0.6 is 0 Å². The van der Waals surface area contributed by atoms with Crippen LogP contribution in [0, 0.1) is 0 Å². The molecule has 33 heavy (non-hydrogen) atoms. The Hall–Kier alpha value is -3.03. The topological polar surface area (TPSA) is 85.5 Å². The van der Waals surface area contributed by atoms with Gasteiger partial charge in [-0.05, 0) is 56.7 Å². The molecule has 0 unspecified atom stereocenters. The summed E-state index contributed by atoms with van der Waals surface area (Å²) in [4.78, 5) is 19.3. The minimum Gasteiger partial charge on any atom is -0.474 e. The van der Waals surface area contributed by atoms with Crippen molar-refractivity contribution in [3.05, 3.63) is 47.5 Å². The first-order valence-electron chi connectivity index (χ1n) is 12.0. The Morgan fingerprint density at radius 2 is 1.76 bits per heavy atom. The lowest BCUT2D eigenvalue weighted by atomic mass is 9.92. The fourth-order valence-corrected chi connectivity index (χ4v) is 4.74. The Morgan fingerprint density at radius 1 is 1.00 bits per heavy atom. The van der Waals surface area contributed by atoms with Crippen molar-refractivity contribution in [2.75, 3.05) is 13.1 Å². The van der Waals surface area contributed by atoms with E-state index in [2.05, 4.69) is 36.0 Å². The van der Waals surface area contributed by atoms with Crippen LogP contribution in [0.25, 0.3) is 5.65 Å². The van der Waals surface area contributed by atoms with Gasteiger partial charge in [-0.1, -0.05) is 20.8 Å². The van der Waals surface area contributed by atoms with E-state index >= 15 is 0 Å². The summed E-state index contributed by atoms with van der Waals surface area (Å²) in [6, 6.07) is 7.65. The van der Waals surface area contributed by atoms with Crippen LogP contribution in [0.15, 0.2) is 30.5 Å². The van der Waals surface area contributed by atoms with Crippen molar-refractivity contribution in [1.29, 1.82) is 0 Å². The molecule has 4 heterocycles. The van der Waals surface area contributed by atoms with E-state index < -0.39 is 0 Å². The van der Waals surface area contributed by atoms with Crippen LogP contribution in [-0.2, 0) is 5.41 Å². The van der Waals surface area contributed by atoms with E-state index in [0.29, 0.717) is 24.5 Å². The molecule has 1 saturated heterocycles. The average Bonchev–Trinajstić information content (AvgIpc) is 3.48. The molecular formula is C25H32N6O2. The van der Waals surface area contributed by atoms with Gasteiger partial charge >= 0.3 is 0 Å². The van der Waals surface area contributed by atoms with Gasteiger partial charge in [0.05, 0.1) is 11.3 Å². The second-order valence-electron chi connectivity index (χ2n) is 10.3. The van der Waals surface area contributed by atoms with Crippen LogP contribution in [0.5, 0.6) is 5.88 Å². The van der Waals surface area contributed by atoms with Gasteiger partial charge in [0, 0.05) is 36.7 Å². The number of likely N-dealkylation sites (tertiary alicyclic amines) is 1. The Bertz CT molecular complexity index is 1120. The van der Waals surface area contributed by atoms with Gasteiger partial charge in [0.25, 0.3) is 5.91 Å². The van der Waals surface area contributed by atoms with Gasteiger partial charge in [-0.2, -0.15) is 9.61 Å². The summed E-state index contributed by atoms with van der Waals surface area (Å²) >= 11 is 0. The Balaban J connectivity index is 1.23. The van der Waals surface area contributed by atoms with E-state index in [0.717, 1.165) is 42.8 Å². The van der Waals surface area contributed by atoms with E-state index in [1.807, 2.05) is 33.7 Å². The molecule has 0 aromatic carbocycles. The van der Waals surface area contributed by atoms with E-state index in [1.165, 1.54) is 12.8 Å². The molecule has 0 bridgehead atoms. The number of pyridine rings is 1. The van der Waals surface area contributed by atoms with Crippen LogP contribution in [0.1, 0.15) is 87.1 Å². The molecule has 2 fully saturated rings. The van der Waals surface area contributed by atoms with Crippen molar-refractivity contribution >= 4 is 11.6 Å². The third kappa shape index (κ3) is 4.56. The predicted molar refractivity (Wildman–Crippen MR) is 124 cm³/mol. The first-order chi connectivity index (χ1) is 15.9. The second-order valence-corrected chi connectivity index (χ2v) is 10.3. The molecule has 1 amide bonds. The maximum absolute atomic E-state index is 13.0. The summed E-state index contributed by atoms with van der Waals surface area (Å²) in [5, 5.41) is 13.6. The predicted octanol–water partition coefficient (Wildman–Crippen LogP) is 4.16. The van der Waals surface area contributed by atoms with Crippen LogP contribution < -0.4 is 4.74 Å². The highest BCUT2D eigenvalue weighted by Crippen LogP contribution is 2.29. The van der Waals surface area contributed by atoms with Gasteiger partial charge in [-0.25, -0.2) is 4.98 Å². The molecule has 0 spiro atoms. The van der Waals surface area contributed by atoms with Crippen molar-refractivity contribution in [3.63, 3.8) is 0 Å². The molecule has 1 saturated carbocycles. The van der Waals surface area contributed by atoms with Crippen LogP contribution in [0.2, 0.25) is 0 Å². The van der Waals surface area contributed by atoms with Crippen LogP contribution in [-0.4, -0.2) is 54.8 Å². The normalized spacial score (nSPS) is 18.2. The number of aromatic nitrogens is 5. The summed E-state index contributed by atoms with van der Waals surface area (Å²) in [6.45, 7) is 7.81. The number of carbonyl (C=O) groups is 1. The van der Waals surface area contributed by atoms with Gasteiger partial charge in [0.2, 0.25) is 5.88 Å². The zero-order valence-electron chi connectivity index (χ0n) is 19.7. The summed E-state index contributed by atoms with van der Waals surface area (Å²) in [6.07, 6.45) is 8.19. The largest absolute Gasteiger partial charge is 0.474 e. The number of rotatable bonds is 4. The van der Waals surface area contributed by atoms with Gasteiger partial charge in [-0.3, -0.25) is 4.79 Å². The average molecular weight is 449 g/mol. The number of carbonyl (C=O) groups excluding carboxylic acids is 1. The molecule has 2 aliphatic rings. The van der Waals surface area contributed by atoms with E-state index in [4.69, 9.17) is 9.84 Å². The summed E-state index contributed by atoms with van der Waals surface area (Å²) in [5.74, 6) is 1.75. The number of amides is 1. The zero-order valence-corrected chi connectivity index (χ0v) is 19.7. The standard InChI is InChI=1S/C25H32N6O2/c1-25(2,3)20-9-10-21-27-28-23(31(21)29-20)17-12-14-30(15-13-17)24(32)18-8-11-22(26-16-18)33-19-6-4-5-7-19/h8-11,16-17,19H,4-7,12-15H2,1-3H3. The molecule has 0 N–H and O–H groups in total. The fraction of sp³-hybridized carbons (Fsp3) is 0.560. The first-order valence-corrected chi connectivity index (χ1v) is 12.0. The second kappa shape index (κ2) is 8.72. The molecule has 3 aromatic rings. The molecule has 3 aromatic heterocycles. The quantitative estimate of drug-likeness (QED) is 0.596. The third-order valence-electron chi connectivity index (χ3n) is 6.78.